The minimum atomic E-state index is -0.164. The van der Waals surface area contributed by atoms with E-state index in [1.54, 1.807) is 11.0 Å². The predicted molar refractivity (Wildman–Crippen MR) is 135 cm³/mol. The molecule has 0 radical (unpaired) electrons. The van der Waals surface area contributed by atoms with Gasteiger partial charge in [0.1, 0.15) is 0 Å². The van der Waals surface area contributed by atoms with Crippen molar-refractivity contribution >= 4 is 23.7 Å². The van der Waals surface area contributed by atoms with Crippen LogP contribution < -0.4 is 4.90 Å². The molecule has 0 N–H and O–H groups in total. The van der Waals surface area contributed by atoms with Gasteiger partial charge in [0.05, 0.1) is 13.1 Å². The molecule has 0 saturated carbocycles. The van der Waals surface area contributed by atoms with Crippen LogP contribution in [-0.4, -0.2) is 36.5 Å². The second-order valence-corrected chi connectivity index (χ2v) is 8.14. The molecule has 2 aliphatic rings. The Morgan fingerprint density at radius 2 is 1.82 bits per heavy atom. The smallest absolute Gasteiger partial charge is 0.300 e. The Hall–Kier alpha value is -3.60. The highest BCUT2D eigenvalue weighted by Crippen LogP contribution is 2.24. The SMILES string of the molecule is CCN(CC)c1ccc(/C=C2/O/C(=N/CC3=CC=CCC3)N(Cc3ccccc3)C2=O)cc1. The van der Waals surface area contributed by atoms with Gasteiger partial charge >= 0.3 is 6.02 Å². The lowest BCUT2D eigenvalue weighted by Gasteiger charge is -2.20. The van der Waals surface area contributed by atoms with Crippen molar-refractivity contribution in [3.05, 3.63) is 95.3 Å². The largest absolute Gasteiger partial charge is 0.420 e. The molecule has 1 fully saturated rings. The molecule has 0 atom stereocenters. The molecule has 1 saturated heterocycles. The van der Waals surface area contributed by atoms with E-state index in [1.165, 1.54) is 11.3 Å². The fraction of sp³-hybridized carbons (Fsp3) is 0.286. The predicted octanol–water partition coefficient (Wildman–Crippen LogP) is 5.57. The van der Waals surface area contributed by atoms with Crippen LogP contribution in [0.2, 0.25) is 0 Å². The van der Waals surface area contributed by atoms with Gasteiger partial charge in [0.15, 0.2) is 5.76 Å². The van der Waals surface area contributed by atoms with Crippen LogP contribution in [0.25, 0.3) is 6.08 Å². The van der Waals surface area contributed by atoms with Crippen molar-refractivity contribution in [3.63, 3.8) is 0 Å². The summed E-state index contributed by atoms with van der Waals surface area (Å²) in [6.45, 7) is 7.16. The maximum atomic E-state index is 13.3. The van der Waals surface area contributed by atoms with E-state index in [0.29, 0.717) is 24.9 Å². The number of rotatable bonds is 8. The van der Waals surface area contributed by atoms with Crippen molar-refractivity contribution in [2.75, 3.05) is 24.5 Å². The van der Waals surface area contributed by atoms with E-state index in [4.69, 9.17) is 4.74 Å². The molecule has 5 heteroatoms. The van der Waals surface area contributed by atoms with Gasteiger partial charge in [-0.3, -0.25) is 9.69 Å². The standard InChI is InChI=1S/C28H31N3O2/c1-3-30(4-2)25-17-15-22(16-18-25)19-26-27(32)31(21-24-13-9-6-10-14-24)28(33-26)29-20-23-11-7-5-8-12-23/h5-7,9-11,13-19H,3-4,8,12,20-21H2,1-2H3/b26-19+,29-28+. The van der Waals surface area contributed by atoms with Crippen LogP contribution in [0, 0.1) is 0 Å². The number of anilines is 1. The molecule has 2 aromatic rings. The second kappa shape index (κ2) is 10.8. The van der Waals surface area contributed by atoms with E-state index in [2.05, 4.69) is 54.1 Å². The zero-order valence-corrected chi connectivity index (χ0v) is 19.4. The number of carbonyl (C=O) groups is 1. The topological polar surface area (TPSA) is 45.1 Å². The monoisotopic (exact) mass is 441 g/mol. The van der Waals surface area contributed by atoms with Gasteiger partial charge < -0.3 is 9.64 Å². The number of carbonyl (C=O) groups excluding carboxylic acids is 1. The lowest BCUT2D eigenvalue weighted by molar-refractivity contribution is -0.123. The van der Waals surface area contributed by atoms with Gasteiger partial charge in [0.2, 0.25) is 0 Å². The van der Waals surface area contributed by atoms with E-state index in [9.17, 15) is 4.79 Å². The first-order valence-electron chi connectivity index (χ1n) is 11.7. The van der Waals surface area contributed by atoms with Crippen LogP contribution in [0.3, 0.4) is 0 Å². The van der Waals surface area contributed by atoms with Crippen LogP contribution in [0.5, 0.6) is 0 Å². The number of ether oxygens (including phenoxy) is 1. The van der Waals surface area contributed by atoms with E-state index in [1.807, 2.05) is 42.5 Å². The van der Waals surface area contributed by atoms with Crippen LogP contribution in [0.1, 0.15) is 37.8 Å². The van der Waals surface area contributed by atoms with Gasteiger partial charge in [0.25, 0.3) is 5.91 Å². The summed E-state index contributed by atoms with van der Waals surface area (Å²) < 4.78 is 6.01. The molecule has 4 rings (SSSR count). The van der Waals surface area contributed by atoms with Crippen molar-refractivity contribution in [2.24, 2.45) is 4.99 Å². The second-order valence-electron chi connectivity index (χ2n) is 8.14. The van der Waals surface area contributed by atoms with Crippen molar-refractivity contribution in [2.45, 2.75) is 33.2 Å². The maximum absolute atomic E-state index is 13.3. The first-order chi connectivity index (χ1) is 16.2. The Kier molecular flexibility index (Phi) is 7.40. The molecule has 0 aromatic heterocycles. The first kappa shape index (κ1) is 22.6. The summed E-state index contributed by atoms with van der Waals surface area (Å²) >= 11 is 0. The van der Waals surface area contributed by atoms with Crippen LogP contribution in [0.15, 0.2) is 89.2 Å². The Balaban J connectivity index is 1.57. The third kappa shape index (κ3) is 5.61. The zero-order valence-electron chi connectivity index (χ0n) is 19.4. The van der Waals surface area contributed by atoms with E-state index in [0.717, 1.165) is 37.1 Å². The minimum absolute atomic E-state index is 0.164. The summed E-state index contributed by atoms with van der Waals surface area (Å²) in [6, 6.07) is 18.5. The Morgan fingerprint density at radius 1 is 1.06 bits per heavy atom. The number of aliphatic imine (C=N–C) groups is 1. The number of benzene rings is 2. The van der Waals surface area contributed by atoms with Crippen molar-refractivity contribution in [1.82, 2.24) is 4.90 Å². The van der Waals surface area contributed by atoms with Crippen LogP contribution in [0.4, 0.5) is 5.69 Å². The fourth-order valence-corrected chi connectivity index (χ4v) is 4.01. The van der Waals surface area contributed by atoms with E-state index in [-0.39, 0.29) is 5.91 Å². The summed E-state index contributed by atoms with van der Waals surface area (Å²) in [6.07, 6.45) is 10.1. The molecule has 2 aromatic carbocycles. The fourth-order valence-electron chi connectivity index (χ4n) is 4.01. The molecule has 1 aliphatic carbocycles. The summed E-state index contributed by atoms with van der Waals surface area (Å²) in [5.74, 6) is 0.140. The highest BCUT2D eigenvalue weighted by molar-refractivity contribution is 6.11. The Morgan fingerprint density at radius 3 is 2.48 bits per heavy atom. The number of hydrogen-bond acceptors (Lipinski definition) is 4. The van der Waals surface area contributed by atoms with Crippen molar-refractivity contribution < 1.29 is 9.53 Å². The molecule has 170 valence electrons. The van der Waals surface area contributed by atoms with Gasteiger partial charge in [-0.1, -0.05) is 60.7 Å². The van der Waals surface area contributed by atoms with Gasteiger partial charge in [-0.05, 0) is 61.6 Å². The van der Waals surface area contributed by atoms with Crippen LogP contribution in [-0.2, 0) is 16.1 Å². The number of nitrogens with zero attached hydrogens (tertiary/aromatic N) is 3. The normalized spacial score (nSPS) is 18.1. The highest BCUT2D eigenvalue weighted by atomic mass is 16.5. The van der Waals surface area contributed by atoms with E-state index >= 15 is 0 Å². The maximum Gasteiger partial charge on any atom is 0.300 e. The average molecular weight is 442 g/mol. The summed E-state index contributed by atoms with van der Waals surface area (Å²) in [5, 5.41) is 0. The summed E-state index contributed by atoms with van der Waals surface area (Å²) in [5.41, 5.74) is 4.37. The highest BCUT2D eigenvalue weighted by Gasteiger charge is 2.34. The molecular weight excluding hydrogens is 410 g/mol. The molecule has 5 nitrogen and oxygen atoms in total. The van der Waals surface area contributed by atoms with Crippen molar-refractivity contribution in [1.29, 1.82) is 0 Å². The molecule has 0 unspecified atom stereocenters. The van der Waals surface area contributed by atoms with Gasteiger partial charge in [0, 0.05) is 18.8 Å². The Labute approximate surface area is 196 Å². The lowest BCUT2D eigenvalue weighted by atomic mass is 10.1. The zero-order chi connectivity index (χ0) is 23.0. The van der Waals surface area contributed by atoms with Crippen molar-refractivity contribution in [3.8, 4) is 0 Å². The van der Waals surface area contributed by atoms with Gasteiger partial charge in [-0.2, -0.15) is 0 Å². The molecule has 1 aliphatic heterocycles. The van der Waals surface area contributed by atoms with E-state index < -0.39 is 0 Å². The average Bonchev–Trinajstić information content (AvgIpc) is 3.15. The molecule has 0 bridgehead atoms. The third-order valence-electron chi connectivity index (χ3n) is 5.91. The number of allylic oxidation sites excluding steroid dienone is 3. The van der Waals surface area contributed by atoms with Gasteiger partial charge in [-0.25, -0.2) is 4.99 Å². The molecule has 1 amide bonds. The summed E-state index contributed by atoms with van der Waals surface area (Å²) in [4.78, 5) is 21.9. The molecule has 0 spiro atoms. The molecular formula is C28H31N3O2. The number of hydrogen-bond donors (Lipinski definition) is 0. The third-order valence-corrected chi connectivity index (χ3v) is 5.91. The number of amidine groups is 1. The molecule has 33 heavy (non-hydrogen) atoms. The minimum Gasteiger partial charge on any atom is -0.420 e. The quantitative estimate of drug-likeness (QED) is 0.504. The Bertz CT molecular complexity index is 1080. The molecule has 1 heterocycles. The first-order valence-corrected chi connectivity index (χ1v) is 11.7. The summed E-state index contributed by atoms with van der Waals surface area (Å²) in [7, 11) is 0. The van der Waals surface area contributed by atoms with Gasteiger partial charge in [-0.15, -0.1) is 0 Å². The number of amides is 1. The lowest BCUT2D eigenvalue weighted by Crippen LogP contribution is -2.29. The van der Waals surface area contributed by atoms with Crippen LogP contribution >= 0.6 is 0 Å².